The summed E-state index contributed by atoms with van der Waals surface area (Å²) in [5.74, 6) is -0.232. The Morgan fingerprint density at radius 3 is 2.47 bits per heavy atom. The molecule has 2 heterocycles. The van der Waals surface area contributed by atoms with Gasteiger partial charge in [0.05, 0.1) is 5.75 Å². The molecular formula is C25H18ClN5O2S. The number of hydrogen-bond donors (Lipinski definition) is 2. The summed E-state index contributed by atoms with van der Waals surface area (Å²) >= 11 is 7.29. The quantitative estimate of drug-likeness (QED) is 0.324. The third-order valence-corrected chi connectivity index (χ3v) is 6.35. The van der Waals surface area contributed by atoms with E-state index in [1.54, 1.807) is 36.4 Å². The van der Waals surface area contributed by atoms with E-state index in [1.807, 2.05) is 53.2 Å². The molecule has 0 saturated heterocycles. The van der Waals surface area contributed by atoms with Crippen molar-refractivity contribution < 1.29 is 9.59 Å². The van der Waals surface area contributed by atoms with Crippen LogP contribution in [0.2, 0.25) is 5.02 Å². The molecule has 2 aromatic heterocycles. The van der Waals surface area contributed by atoms with Crippen molar-refractivity contribution in [2.75, 3.05) is 5.75 Å². The zero-order valence-electron chi connectivity index (χ0n) is 17.7. The Labute approximate surface area is 204 Å². The average Bonchev–Trinajstić information content (AvgIpc) is 3.48. The lowest BCUT2D eigenvalue weighted by Crippen LogP contribution is -2.31. The largest absolute Gasteiger partial charge is 0.360 e. The van der Waals surface area contributed by atoms with Crippen LogP contribution in [-0.2, 0) is 4.79 Å². The predicted molar refractivity (Wildman–Crippen MR) is 133 cm³/mol. The van der Waals surface area contributed by atoms with Gasteiger partial charge in [0.25, 0.3) is 5.91 Å². The van der Waals surface area contributed by atoms with E-state index in [4.69, 9.17) is 11.6 Å². The van der Waals surface area contributed by atoms with E-state index in [1.165, 1.54) is 11.8 Å². The molecule has 0 aliphatic carbocycles. The van der Waals surface area contributed by atoms with Crippen molar-refractivity contribution in [3.63, 3.8) is 0 Å². The number of carbonyl (C=O) groups is 2. The number of nitrogens with zero attached hydrogens (tertiary/aromatic N) is 3. The second-order valence-corrected chi connectivity index (χ2v) is 8.78. The first-order valence-corrected chi connectivity index (χ1v) is 11.8. The van der Waals surface area contributed by atoms with E-state index < -0.39 is 11.8 Å². The molecule has 0 fully saturated rings. The van der Waals surface area contributed by atoms with Crippen molar-refractivity contribution in [3.05, 3.63) is 95.6 Å². The lowest BCUT2D eigenvalue weighted by atomic mass is 10.1. The molecule has 0 atom stereocenters. The van der Waals surface area contributed by atoms with Gasteiger partial charge in [0.1, 0.15) is 0 Å². The first-order chi connectivity index (χ1) is 16.6. The number of benzene rings is 3. The van der Waals surface area contributed by atoms with Crippen LogP contribution in [0.15, 0.2) is 90.2 Å². The summed E-state index contributed by atoms with van der Waals surface area (Å²) in [7, 11) is 0. The van der Waals surface area contributed by atoms with E-state index in [0.29, 0.717) is 21.6 Å². The van der Waals surface area contributed by atoms with Crippen LogP contribution in [0.3, 0.4) is 0 Å². The molecule has 0 aliphatic rings. The summed E-state index contributed by atoms with van der Waals surface area (Å²) < 4.78 is 1.88. The maximum absolute atomic E-state index is 12.5. The molecule has 0 radical (unpaired) electrons. The lowest BCUT2D eigenvalue weighted by Gasteiger charge is -2.10. The van der Waals surface area contributed by atoms with Crippen molar-refractivity contribution in [2.45, 2.75) is 5.16 Å². The summed E-state index contributed by atoms with van der Waals surface area (Å²) in [6.45, 7) is 0. The summed E-state index contributed by atoms with van der Waals surface area (Å²) in [6, 6.07) is 23.8. The van der Waals surface area contributed by atoms with Crippen LogP contribution in [0.1, 0.15) is 10.4 Å². The van der Waals surface area contributed by atoms with Crippen molar-refractivity contribution in [2.24, 2.45) is 0 Å². The summed E-state index contributed by atoms with van der Waals surface area (Å²) in [5, 5.41) is 13.3. The molecule has 0 saturated carbocycles. The Balaban J connectivity index is 1.44. The molecule has 0 bridgehead atoms. The number of imide groups is 1. The molecule has 5 rings (SSSR count). The lowest BCUT2D eigenvalue weighted by molar-refractivity contribution is -0.117. The number of H-pyrrole nitrogens is 1. The number of aromatic amines is 1. The zero-order valence-corrected chi connectivity index (χ0v) is 19.3. The van der Waals surface area contributed by atoms with Crippen LogP contribution in [0, 0.1) is 0 Å². The Morgan fingerprint density at radius 1 is 0.941 bits per heavy atom. The standard InChI is InChI=1S/C25H18ClN5O2S/c26-17-10-12-18(13-11-17)31-23(20-14-27-21-9-5-4-8-19(20)21)29-30-25(31)34-15-22(32)28-24(33)16-6-2-1-3-7-16/h1-14,27H,15H2,(H,28,32,33). The normalized spacial score (nSPS) is 11.0. The van der Waals surface area contributed by atoms with Gasteiger partial charge in [-0.1, -0.05) is 59.8 Å². The number of thioether (sulfide) groups is 1. The molecule has 2 N–H and O–H groups in total. The van der Waals surface area contributed by atoms with Gasteiger partial charge >= 0.3 is 0 Å². The van der Waals surface area contributed by atoms with Gasteiger partial charge in [-0.15, -0.1) is 10.2 Å². The fraction of sp³-hybridized carbons (Fsp3) is 0.0400. The van der Waals surface area contributed by atoms with Gasteiger partial charge in [-0.3, -0.25) is 19.5 Å². The third kappa shape index (κ3) is 4.46. The Kier molecular flexibility index (Phi) is 6.16. The zero-order chi connectivity index (χ0) is 23.5. The molecule has 7 nitrogen and oxygen atoms in total. The summed E-state index contributed by atoms with van der Waals surface area (Å²) in [5.41, 5.74) is 3.09. The van der Waals surface area contributed by atoms with Gasteiger partial charge in [-0.2, -0.15) is 0 Å². The van der Waals surface area contributed by atoms with Crippen LogP contribution >= 0.6 is 23.4 Å². The number of carbonyl (C=O) groups excluding carboxylic acids is 2. The molecule has 34 heavy (non-hydrogen) atoms. The first kappa shape index (κ1) is 21.9. The first-order valence-electron chi connectivity index (χ1n) is 10.4. The van der Waals surface area contributed by atoms with Crippen LogP contribution in [-0.4, -0.2) is 37.3 Å². The fourth-order valence-corrected chi connectivity index (χ4v) is 4.45. The molecule has 0 aliphatic heterocycles. The highest BCUT2D eigenvalue weighted by Crippen LogP contribution is 2.32. The highest BCUT2D eigenvalue weighted by molar-refractivity contribution is 7.99. The summed E-state index contributed by atoms with van der Waals surface area (Å²) in [6.07, 6.45) is 1.89. The molecule has 9 heteroatoms. The second-order valence-electron chi connectivity index (χ2n) is 7.40. The molecule has 0 spiro atoms. The SMILES string of the molecule is O=C(CSc1nnc(-c2c[nH]c3ccccc23)n1-c1ccc(Cl)cc1)NC(=O)c1ccccc1. The van der Waals surface area contributed by atoms with E-state index in [-0.39, 0.29) is 5.75 Å². The van der Waals surface area contributed by atoms with Crippen LogP contribution in [0.25, 0.3) is 28.0 Å². The van der Waals surface area contributed by atoms with E-state index in [2.05, 4.69) is 20.5 Å². The van der Waals surface area contributed by atoms with Crippen LogP contribution < -0.4 is 5.32 Å². The Bertz CT molecular complexity index is 1480. The number of hydrogen-bond acceptors (Lipinski definition) is 5. The molecule has 168 valence electrons. The van der Waals surface area contributed by atoms with E-state index in [0.717, 1.165) is 22.2 Å². The minimum Gasteiger partial charge on any atom is -0.360 e. The Morgan fingerprint density at radius 2 is 1.68 bits per heavy atom. The van der Waals surface area contributed by atoms with Crippen molar-refractivity contribution in [1.82, 2.24) is 25.1 Å². The monoisotopic (exact) mass is 487 g/mol. The number of halogens is 1. The minimum atomic E-state index is -0.440. The molecule has 0 unspecified atom stereocenters. The van der Waals surface area contributed by atoms with Crippen molar-refractivity contribution >= 4 is 46.1 Å². The maximum atomic E-state index is 12.5. The number of fused-ring (bicyclic) bond motifs is 1. The third-order valence-electron chi connectivity index (χ3n) is 5.17. The smallest absolute Gasteiger partial charge is 0.257 e. The van der Waals surface area contributed by atoms with Gasteiger partial charge in [0.15, 0.2) is 11.0 Å². The predicted octanol–water partition coefficient (Wildman–Crippen LogP) is 5.12. The number of nitrogens with one attached hydrogen (secondary N) is 2. The average molecular weight is 488 g/mol. The minimum absolute atomic E-state index is 0.00180. The fourth-order valence-electron chi connectivity index (χ4n) is 3.57. The number of rotatable bonds is 6. The molecule has 3 aromatic carbocycles. The van der Waals surface area contributed by atoms with Crippen LogP contribution in [0.4, 0.5) is 0 Å². The number of amides is 2. The molecular weight excluding hydrogens is 470 g/mol. The molecule has 5 aromatic rings. The molecule has 2 amide bonds. The second kappa shape index (κ2) is 9.54. The van der Waals surface area contributed by atoms with Crippen molar-refractivity contribution in [3.8, 4) is 17.1 Å². The topological polar surface area (TPSA) is 92.7 Å². The van der Waals surface area contributed by atoms with E-state index >= 15 is 0 Å². The van der Waals surface area contributed by atoms with Gasteiger partial charge in [-0.05, 0) is 42.5 Å². The van der Waals surface area contributed by atoms with Crippen LogP contribution in [0.5, 0.6) is 0 Å². The highest BCUT2D eigenvalue weighted by atomic mass is 35.5. The maximum Gasteiger partial charge on any atom is 0.257 e. The highest BCUT2D eigenvalue weighted by Gasteiger charge is 2.20. The summed E-state index contributed by atoms with van der Waals surface area (Å²) in [4.78, 5) is 28.0. The van der Waals surface area contributed by atoms with Crippen molar-refractivity contribution in [1.29, 1.82) is 0 Å². The van der Waals surface area contributed by atoms with Gasteiger partial charge < -0.3 is 4.98 Å². The van der Waals surface area contributed by atoms with Gasteiger partial charge in [0.2, 0.25) is 5.91 Å². The Hall–Kier alpha value is -3.88. The number of para-hydroxylation sites is 1. The van der Waals surface area contributed by atoms with Gasteiger partial charge in [0, 0.05) is 38.9 Å². The number of aromatic nitrogens is 4. The van der Waals surface area contributed by atoms with Gasteiger partial charge in [-0.25, -0.2) is 0 Å². The van der Waals surface area contributed by atoms with E-state index in [9.17, 15) is 9.59 Å².